The molecule has 2 nitrogen and oxygen atoms in total. The van der Waals surface area contributed by atoms with Crippen molar-refractivity contribution in [3.8, 4) is 0 Å². The van der Waals surface area contributed by atoms with Crippen LogP contribution in [-0.2, 0) is 6.42 Å². The minimum Gasteiger partial charge on any atom is -0.317 e. The lowest BCUT2D eigenvalue weighted by molar-refractivity contribution is 0.204. The van der Waals surface area contributed by atoms with Gasteiger partial charge in [-0.05, 0) is 72.6 Å². The Kier molecular flexibility index (Phi) is 5.19. The van der Waals surface area contributed by atoms with Crippen molar-refractivity contribution in [2.45, 2.75) is 45.1 Å². The second kappa shape index (κ2) is 6.67. The van der Waals surface area contributed by atoms with E-state index >= 15 is 0 Å². The number of aromatic nitrogens is 1. The van der Waals surface area contributed by atoms with Crippen LogP contribution >= 0.6 is 15.9 Å². The Hall–Kier alpha value is -0.410. The standard InChI is InChI=1S/C15H23BrN2/c1-3-11-4-7-15(17-2)12(8-11)9-14-6-5-13(16)10-18-14/h5-6,10-12,15,17H,3-4,7-9H2,1-2H3. The van der Waals surface area contributed by atoms with E-state index in [-0.39, 0.29) is 0 Å². The molecule has 1 aliphatic rings. The van der Waals surface area contributed by atoms with Crippen LogP contribution in [0.3, 0.4) is 0 Å². The molecule has 1 aromatic rings. The molecule has 0 aliphatic heterocycles. The van der Waals surface area contributed by atoms with Gasteiger partial charge in [0.25, 0.3) is 0 Å². The van der Waals surface area contributed by atoms with Crippen molar-refractivity contribution in [2.75, 3.05) is 7.05 Å². The van der Waals surface area contributed by atoms with E-state index in [1.807, 2.05) is 6.20 Å². The molecule has 1 aliphatic carbocycles. The Balaban J connectivity index is 2.02. The van der Waals surface area contributed by atoms with Gasteiger partial charge in [0.05, 0.1) is 0 Å². The van der Waals surface area contributed by atoms with Gasteiger partial charge in [0, 0.05) is 22.4 Å². The van der Waals surface area contributed by atoms with Crippen molar-refractivity contribution in [3.63, 3.8) is 0 Å². The van der Waals surface area contributed by atoms with E-state index in [0.29, 0.717) is 6.04 Å². The Morgan fingerprint density at radius 2 is 2.22 bits per heavy atom. The van der Waals surface area contributed by atoms with Crippen molar-refractivity contribution in [1.29, 1.82) is 0 Å². The molecule has 0 saturated heterocycles. The van der Waals surface area contributed by atoms with E-state index in [9.17, 15) is 0 Å². The predicted molar refractivity (Wildman–Crippen MR) is 79.6 cm³/mol. The maximum absolute atomic E-state index is 4.52. The van der Waals surface area contributed by atoms with E-state index in [1.54, 1.807) is 0 Å². The molecule has 0 bridgehead atoms. The molecule has 0 radical (unpaired) electrons. The van der Waals surface area contributed by atoms with Gasteiger partial charge in [-0.25, -0.2) is 0 Å². The highest BCUT2D eigenvalue weighted by Crippen LogP contribution is 2.33. The molecular formula is C15H23BrN2. The first-order valence-corrected chi connectivity index (χ1v) is 7.80. The molecule has 3 unspecified atom stereocenters. The van der Waals surface area contributed by atoms with Gasteiger partial charge in [-0.15, -0.1) is 0 Å². The third kappa shape index (κ3) is 3.55. The van der Waals surface area contributed by atoms with Crippen LogP contribution in [0.15, 0.2) is 22.8 Å². The van der Waals surface area contributed by atoms with Crippen molar-refractivity contribution >= 4 is 15.9 Å². The van der Waals surface area contributed by atoms with E-state index < -0.39 is 0 Å². The summed E-state index contributed by atoms with van der Waals surface area (Å²) in [6, 6.07) is 4.90. The highest BCUT2D eigenvalue weighted by atomic mass is 79.9. The quantitative estimate of drug-likeness (QED) is 0.915. The maximum Gasteiger partial charge on any atom is 0.0413 e. The fraction of sp³-hybridized carbons (Fsp3) is 0.667. The van der Waals surface area contributed by atoms with Crippen molar-refractivity contribution in [2.24, 2.45) is 11.8 Å². The summed E-state index contributed by atoms with van der Waals surface area (Å²) in [6.45, 7) is 2.32. The first-order chi connectivity index (χ1) is 8.72. The molecule has 1 fully saturated rings. The topological polar surface area (TPSA) is 24.9 Å². The van der Waals surface area contributed by atoms with Gasteiger partial charge in [0.2, 0.25) is 0 Å². The monoisotopic (exact) mass is 310 g/mol. The van der Waals surface area contributed by atoms with Crippen LogP contribution in [0, 0.1) is 11.8 Å². The number of rotatable bonds is 4. The first kappa shape index (κ1) is 14.0. The lowest BCUT2D eigenvalue weighted by Crippen LogP contribution is -2.39. The molecule has 0 aromatic carbocycles. The van der Waals surface area contributed by atoms with Gasteiger partial charge in [-0.3, -0.25) is 4.98 Å². The zero-order valence-corrected chi connectivity index (χ0v) is 12.9. The fourth-order valence-electron chi connectivity index (χ4n) is 3.13. The van der Waals surface area contributed by atoms with Gasteiger partial charge in [-0.1, -0.05) is 13.3 Å². The molecule has 0 spiro atoms. The van der Waals surface area contributed by atoms with Crippen LogP contribution in [0.4, 0.5) is 0 Å². The molecule has 1 saturated carbocycles. The molecule has 3 atom stereocenters. The molecule has 0 amide bonds. The zero-order chi connectivity index (χ0) is 13.0. The second-order valence-electron chi connectivity index (χ2n) is 5.41. The van der Waals surface area contributed by atoms with E-state index in [0.717, 1.165) is 22.7 Å². The Labute approximate surface area is 119 Å². The minimum atomic E-state index is 0.665. The normalized spacial score (nSPS) is 28.3. The van der Waals surface area contributed by atoms with Crippen LogP contribution in [0.25, 0.3) is 0 Å². The average molecular weight is 311 g/mol. The lowest BCUT2D eigenvalue weighted by Gasteiger charge is -2.35. The van der Waals surface area contributed by atoms with Gasteiger partial charge in [0.1, 0.15) is 0 Å². The lowest BCUT2D eigenvalue weighted by atomic mass is 9.75. The number of nitrogens with one attached hydrogen (secondary N) is 1. The largest absolute Gasteiger partial charge is 0.317 e. The maximum atomic E-state index is 4.52. The highest BCUT2D eigenvalue weighted by Gasteiger charge is 2.28. The number of pyridine rings is 1. The summed E-state index contributed by atoms with van der Waals surface area (Å²) in [5, 5.41) is 3.49. The van der Waals surface area contributed by atoms with Crippen molar-refractivity contribution < 1.29 is 0 Å². The van der Waals surface area contributed by atoms with Crippen molar-refractivity contribution in [3.05, 3.63) is 28.5 Å². The Bertz CT molecular complexity index is 363. The molecule has 3 heteroatoms. The number of hydrogen-bond acceptors (Lipinski definition) is 2. The molecule has 2 rings (SSSR count). The van der Waals surface area contributed by atoms with Gasteiger partial charge < -0.3 is 5.32 Å². The number of hydrogen-bond donors (Lipinski definition) is 1. The average Bonchev–Trinajstić information content (AvgIpc) is 2.41. The molecule has 18 heavy (non-hydrogen) atoms. The van der Waals surface area contributed by atoms with Gasteiger partial charge >= 0.3 is 0 Å². The zero-order valence-electron chi connectivity index (χ0n) is 11.3. The van der Waals surface area contributed by atoms with Crippen LogP contribution in [-0.4, -0.2) is 18.1 Å². The summed E-state index contributed by atoms with van der Waals surface area (Å²) in [4.78, 5) is 4.52. The van der Waals surface area contributed by atoms with E-state index in [4.69, 9.17) is 0 Å². The van der Waals surface area contributed by atoms with Crippen LogP contribution in [0.1, 0.15) is 38.3 Å². The van der Waals surface area contributed by atoms with E-state index in [2.05, 4.69) is 52.3 Å². The first-order valence-electron chi connectivity index (χ1n) is 7.00. The molecule has 1 N–H and O–H groups in total. The second-order valence-corrected chi connectivity index (χ2v) is 6.33. The Morgan fingerprint density at radius 3 is 2.83 bits per heavy atom. The summed E-state index contributed by atoms with van der Waals surface area (Å²) in [6.07, 6.45) is 8.38. The number of halogens is 1. The summed E-state index contributed by atoms with van der Waals surface area (Å²) >= 11 is 3.44. The summed E-state index contributed by atoms with van der Waals surface area (Å²) in [5.41, 5.74) is 1.22. The molecule has 1 aromatic heterocycles. The third-order valence-electron chi connectivity index (χ3n) is 4.30. The minimum absolute atomic E-state index is 0.665. The fourth-order valence-corrected chi connectivity index (χ4v) is 3.37. The molecule has 1 heterocycles. The molecular weight excluding hydrogens is 288 g/mol. The summed E-state index contributed by atoms with van der Waals surface area (Å²) in [5.74, 6) is 1.65. The van der Waals surface area contributed by atoms with Crippen LogP contribution < -0.4 is 5.32 Å². The smallest absolute Gasteiger partial charge is 0.0413 e. The Morgan fingerprint density at radius 1 is 1.39 bits per heavy atom. The summed E-state index contributed by atoms with van der Waals surface area (Å²) in [7, 11) is 2.10. The van der Waals surface area contributed by atoms with Crippen LogP contribution in [0.2, 0.25) is 0 Å². The highest BCUT2D eigenvalue weighted by molar-refractivity contribution is 9.10. The van der Waals surface area contributed by atoms with Crippen molar-refractivity contribution in [1.82, 2.24) is 10.3 Å². The molecule has 100 valence electrons. The van der Waals surface area contributed by atoms with Crippen LogP contribution in [0.5, 0.6) is 0 Å². The summed E-state index contributed by atoms with van der Waals surface area (Å²) < 4.78 is 1.06. The van der Waals surface area contributed by atoms with E-state index in [1.165, 1.54) is 31.4 Å². The third-order valence-corrected chi connectivity index (χ3v) is 4.77. The van der Waals surface area contributed by atoms with Gasteiger partial charge in [-0.2, -0.15) is 0 Å². The van der Waals surface area contributed by atoms with Gasteiger partial charge in [0.15, 0.2) is 0 Å². The SMILES string of the molecule is CCC1CCC(NC)C(Cc2ccc(Br)cn2)C1. The number of nitrogens with zero attached hydrogens (tertiary/aromatic N) is 1. The predicted octanol–water partition coefficient (Wildman–Crippen LogP) is 3.80.